The number of rotatable bonds is 6. The minimum Gasteiger partial charge on any atom is -0.314 e. The van der Waals surface area contributed by atoms with Gasteiger partial charge in [-0.15, -0.1) is 0 Å². The summed E-state index contributed by atoms with van der Waals surface area (Å²) in [5.74, 6) is -0.169. The minimum absolute atomic E-state index is 0.00788. The normalized spacial score (nSPS) is 14.8. The first-order chi connectivity index (χ1) is 9.20. The average molecular weight is 300 g/mol. The van der Waals surface area contributed by atoms with Gasteiger partial charge in [0.05, 0.1) is 4.92 Å². The number of nitrogens with one attached hydrogen (secondary N) is 1. The third-order valence-corrected chi connectivity index (χ3v) is 4.51. The van der Waals surface area contributed by atoms with Crippen molar-refractivity contribution in [1.29, 1.82) is 0 Å². The molecule has 0 radical (unpaired) electrons. The molecular formula is C13H20N2O4S. The number of hydrogen-bond acceptors (Lipinski definition) is 5. The Balaban J connectivity index is 3.45. The summed E-state index contributed by atoms with van der Waals surface area (Å²) >= 11 is 0. The Morgan fingerprint density at radius 2 is 1.95 bits per heavy atom. The molecule has 1 rings (SSSR count). The van der Waals surface area contributed by atoms with Crippen LogP contribution in [0.15, 0.2) is 23.1 Å². The number of nitro benzene ring substituents is 1. The van der Waals surface area contributed by atoms with E-state index < -0.39 is 14.8 Å². The highest BCUT2D eigenvalue weighted by atomic mass is 32.2. The highest BCUT2D eigenvalue weighted by Crippen LogP contribution is 2.34. The maximum absolute atomic E-state index is 11.7. The molecule has 0 amide bonds. The lowest BCUT2D eigenvalue weighted by Gasteiger charge is -2.21. The highest BCUT2D eigenvalue weighted by molar-refractivity contribution is 7.90. The molecule has 0 saturated carbocycles. The molecule has 7 heteroatoms. The van der Waals surface area contributed by atoms with E-state index in [0.29, 0.717) is 5.56 Å². The molecule has 1 N–H and O–H groups in total. The average Bonchev–Trinajstić information content (AvgIpc) is 2.36. The molecule has 0 aliphatic heterocycles. The fourth-order valence-corrected chi connectivity index (χ4v) is 3.04. The number of sulfone groups is 1. The topological polar surface area (TPSA) is 89.3 Å². The fraction of sp³-hybridized carbons (Fsp3) is 0.538. The number of likely N-dealkylation sites (N-methyl/N-ethyl adjacent to an activating group) is 1. The molecule has 20 heavy (non-hydrogen) atoms. The van der Waals surface area contributed by atoms with Gasteiger partial charge in [-0.1, -0.05) is 26.0 Å². The Labute approximate surface area is 119 Å². The summed E-state index contributed by atoms with van der Waals surface area (Å²) in [6, 6.07) is 4.45. The minimum atomic E-state index is -3.63. The standard InChI is InChI=1S/C13H20N2O4S/c1-5-14-10(3)9(2)11-7-6-8-12(20(4,18)19)13(11)15(16)17/h6-10,14H,5H2,1-4H3. The fourth-order valence-electron chi connectivity index (χ4n) is 2.17. The number of nitrogens with zero attached hydrogens (tertiary/aromatic N) is 1. The summed E-state index contributed by atoms with van der Waals surface area (Å²) < 4.78 is 23.4. The van der Waals surface area contributed by atoms with Crippen molar-refractivity contribution >= 4 is 15.5 Å². The second-order valence-corrected chi connectivity index (χ2v) is 6.84. The molecule has 6 nitrogen and oxygen atoms in total. The van der Waals surface area contributed by atoms with Crippen LogP contribution in [-0.4, -0.2) is 32.2 Å². The maximum atomic E-state index is 11.7. The molecule has 0 spiro atoms. The molecule has 2 unspecified atom stereocenters. The van der Waals surface area contributed by atoms with Gasteiger partial charge in [-0.3, -0.25) is 10.1 Å². The number of hydrogen-bond donors (Lipinski definition) is 1. The maximum Gasteiger partial charge on any atom is 0.291 e. The first-order valence-corrected chi connectivity index (χ1v) is 8.30. The zero-order chi connectivity index (χ0) is 15.5. The van der Waals surface area contributed by atoms with E-state index in [9.17, 15) is 18.5 Å². The molecular weight excluding hydrogens is 280 g/mol. The predicted molar refractivity (Wildman–Crippen MR) is 77.8 cm³/mol. The van der Waals surface area contributed by atoms with Gasteiger partial charge in [-0.2, -0.15) is 0 Å². The smallest absolute Gasteiger partial charge is 0.291 e. The first kappa shape index (κ1) is 16.6. The molecule has 2 atom stereocenters. The van der Waals surface area contributed by atoms with E-state index >= 15 is 0 Å². The quantitative estimate of drug-likeness (QED) is 0.642. The highest BCUT2D eigenvalue weighted by Gasteiger charge is 2.29. The molecule has 1 aromatic carbocycles. The summed E-state index contributed by atoms with van der Waals surface area (Å²) in [6.07, 6.45) is 0.984. The number of para-hydroxylation sites is 1. The van der Waals surface area contributed by atoms with Crippen LogP contribution in [0.4, 0.5) is 5.69 Å². The Morgan fingerprint density at radius 3 is 2.40 bits per heavy atom. The number of benzene rings is 1. The molecule has 0 heterocycles. The Bertz CT molecular complexity index is 598. The zero-order valence-electron chi connectivity index (χ0n) is 12.1. The van der Waals surface area contributed by atoms with Crippen LogP contribution in [0.5, 0.6) is 0 Å². The van der Waals surface area contributed by atoms with E-state index in [0.717, 1.165) is 12.8 Å². The summed E-state index contributed by atoms with van der Waals surface area (Å²) in [4.78, 5) is 10.5. The lowest BCUT2D eigenvalue weighted by atomic mass is 9.93. The van der Waals surface area contributed by atoms with Crippen molar-refractivity contribution < 1.29 is 13.3 Å². The Hall–Kier alpha value is -1.47. The zero-order valence-corrected chi connectivity index (χ0v) is 12.9. The molecule has 0 bridgehead atoms. The molecule has 1 aromatic rings. The van der Waals surface area contributed by atoms with Crippen LogP contribution in [0.2, 0.25) is 0 Å². The van der Waals surface area contributed by atoms with Crippen molar-refractivity contribution in [1.82, 2.24) is 5.32 Å². The Morgan fingerprint density at radius 1 is 1.35 bits per heavy atom. The lowest BCUT2D eigenvalue weighted by Crippen LogP contribution is -2.31. The van der Waals surface area contributed by atoms with Crippen molar-refractivity contribution in [3.63, 3.8) is 0 Å². The van der Waals surface area contributed by atoms with Gasteiger partial charge in [-0.25, -0.2) is 8.42 Å². The van der Waals surface area contributed by atoms with E-state index in [-0.39, 0.29) is 22.5 Å². The van der Waals surface area contributed by atoms with Crippen LogP contribution in [0.1, 0.15) is 32.3 Å². The third kappa shape index (κ3) is 3.55. The SMILES string of the molecule is CCNC(C)C(C)c1cccc(S(C)(=O)=O)c1[N+](=O)[O-]. The molecule has 0 saturated heterocycles. The van der Waals surface area contributed by atoms with Crippen molar-refractivity contribution in [3.8, 4) is 0 Å². The van der Waals surface area contributed by atoms with Crippen LogP contribution in [0, 0.1) is 10.1 Å². The van der Waals surface area contributed by atoms with E-state index in [2.05, 4.69) is 5.32 Å². The van der Waals surface area contributed by atoms with Crippen molar-refractivity contribution in [2.24, 2.45) is 0 Å². The van der Waals surface area contributed by atoms with E-state index in [1.54, 1.807) is 12.1 Å². The Kier molecular flexibility index (Phi) is 5.24. The van der Waals surface area contributed by atoms with Crippen LogP contribution in [-0.2, 0) is 9.84 Å². The second-order valence-electron chi connectivity index (χ2n) is 4.86. The van der Waals surface area contributed by atoms with Gasteiger partial charge in [0.25, 0.3) is 5.69 Å². The summed E-state index contributed by atoms with van der Waals surface area (Å²) in [5, 5.41) is 14.5. The predicted octanol–water partition coefficient (Wildman–Crippen LogP) is 2.10. The van der Waals surface area contributed by atoms with Gasteiger partial charge in [0.1, 0.15) is 4.90 Å². The monoisotopic (exact) mass is 300 g/mol. The van der Waals surface area contributed by atoms with Crippen LogP contribution >= 0.6 is 0 Å². The van der Waals surface area contributed by atoms with Gasteiger partial charge < -0.3 is 5.32 Å². The second kappa shape index (κ2) is 6.32. The van der Waals surface area contributed by atoms with Gasteiger partial charge in [0.2, 0.25) is 0 Å². The van der Waals surface area contributed by atoms with Gasteiger partial charge in [0, 0.05) is 23.8 Å². The van der Waals surface area contributed by atoms with E-state index in [4.69, 9.17) is 0 Å². The molecule has 112 valence electrons. The van der Waals surface area contributed by atoms with E-state index in [1.807, 2.05) is 20.8 Å². The van der Waals surface area contributed by atoms with Crippen LogP contribution < -0.4 is 5.32 Å². The molecule has 0 fully saturated rings. The first-order valence-electron chi connectivity index (χ1n) is 6.40. The van der Waals surface area contributed by atoms with Crippen LogP contribution in [0.25, 0.3) is 0 Å². The lowest BCUT2D eigenvalue weighted by molar-refractivity contribution is -0.388. The summed E-state index contributed by atoms with van der Waals surface area (Å²) in [7, 11) is -3.63. The largest absolute Gasteiger partial charge is 0.314 e. The molecule has 0 aromatic heterocycles. The number of nitro groups is 1. The van der Waals surface area contributed by atoms with Crippen molar-refractivity contribution in [2.75, 3.05) is 12.8 Å². The molecule has 0 aliphatic rings. The van der Waals surface area contributed by atoms with Crippen molar-refractivity contribution in [2.45, 2.75) is 37.6 Å². The van der Waals surface area contributed by atoms with Gasteiger partial charge in [-0.05, 0) is 19.5 Å². The van der Waals surface area contributed by atoms with Gasteiger partial charge >= 0.3 is 0 Å². The summed E-state index contributed by atoms with van der Waals surface area (Å²) in [6.45, 7) is 6.46. The summed E-state index contributed by atoms with van der Waals surface area (Å²) in [5.41, 5.74) is 0.124. The molecule has 0 aliphatic carbocycles. The van der Waals surface area contributed by atoms with Gasteiger partial charge in [0.15, 0.2) is 9.84 Å². The van der Waals surface area contributed by atoms with E-state index in [1.165, 1.54) is 6.07 Å². The third-order valence-electron chi connectivity index (χ3n) is 3.38. The van der Waals surface area contributed by atoms with Crippen molar-refractivity contribution in [3.05, 3.63) is 33.9 Å². The van der Waals surface area contributed by atoms with Crippen LogP contribution in [0.3, 0.4) is 0 Å².